The minimum Gasteiger partial charge on any atom is -0.341 e. The van der Waals surface area contributed by atoms with Gasteiger partial charge < -0.3 is 9.80 Å². The Hall–Kier alpha value is -1.55. The summed E-state index contributed by atoms with van der Waals surface area (Å²) in [6, 6.07) is 7.65. The van der Waals surface area contributed by atoms with E-state index in [9.17, 15) is 9.59 Å². The molecule has 2 fully saturated rings. The second-order valence-corrected chi connectivity index (χ2v) is 7.57. The van der Waals surface area contributed by atoms with Crippen LogP contribution in [0.3, 0.4) is 0 Å². The van der Waals surface area contributed by atoms with Crippen LogP contribution in [0.25, 0.3) is 0 Å². The fraction of sp³-hybridized carbons (Fsp3) is 0.600. The van der Waals surface area contributed by atoms with Crippen LogP contribution in [0, 0.1) is 0 Å². The Morgan fingerprint density at radius 1 is 1.20 bits per heavy atom. The molecule has 0 aromatic heterocycles. The maximum Gasteiger partial charge on any atom is 0.248 e. The van der Waals surface area contributed by atoms with E-state index in [1.54, 1.807) is 0 Å². The van der Waals surface area contributed by atoms with Crippen LogP contribution in [0.5, 0.6) is 0 Å². The molecule has 25 heavy (non-hydrogen) atoms. The molecule has 2 amide bonds. The van der Waals surface area contributed by atoms with E-state index in [0.717, 1.165) is 50.8 Å². The number of halogens is 1. The SMILES string of the molecule is CCCN1CCCC2(CCCN2C(=O)CCc2ccccc2Cl)C1=O. The normalized spacial score (nSPS) is 23.5. The first-order valence-electron chi connectivity index (χ1n) is 9.42. The van der Waals surface area contributed by atoms with Crippen LogP contribution >= 0.6 is 11.6 Å². The molecule has 0 radical (unpaired) electrons. The summed E-state index contributed by atoms with van der Waals surface area (Å²) in [7, 11) is 0. The summed E-state index contributed by atoms with van der Waals surface area (Å²) in [6.45, 7) is 4.42. The minimum absolute atomic E-state index is 0.0871. The summed E-state index contributed by atoms with van der Waals surface area (Å²) in [6.07, 6.45) is 5.52. The van der Waals surface area contributed by atoms with Crippen molar-refractivity contribution in [2.24, 2.45) is 0 Å². The van der Waals surface area contributed by atoms with Crippen LogP contribution in [-0.2, 0) is 16.0 Å². The van der Waals surface area contributed by atoms with Gasteiger partial charge in [-0.15, -0.1) is 0 Å². The summed E-state index contributed by atoms with van der Waals surface area (Å²) in [5.74, 6) is 0.258. The van der Waals surface area contributed by atoms with Crippen LogP contribution in [-0.4, -0.2) is 46.8 Å². The number of piperidine rings is 1. The second kappa shape index (κ2) is 7.77. The molecule has 1 spiro atoms. The van der Waals surface area contributed by atoms with E-state index < -0.39 is 5.54 Å². The molecule has 0 aliphatic carbocycles. The number of amides is 2. The largest absolute Gasteiger partial charge is 0.341 e. The van der Waals surface area contributed by atoms with Gasteiger partial charge in [-0.1, -0.05) is 36.7 Å². The lowest BCUT2D eigenvalue weighted by atomic mass is 9.85. The van der Waals surface area contributed by atoms with Gasteiger partial charge in [0.15, 0.2) is 0 Å². The number of hydrogen-bond donors (Lipinski definition) is 0. The Kier molecular flexibility index (Phi) is 5.67. The first-order valence-corrected chi connectivity index (χ1v) is 9.79. The highest BCUT2D eigenvalue weighted by atomic mass is 35.5. The smallest absolute Gasteiger partial charge is 0.248 e. The molecular weight excluding hydrogens is 336 g/mol. The molecule has 2 heterocycles. The highest BCUT2D eigenvalue weighted by molar-refractivity contribution is 6.31. The van der Waals surface area contributed by atoms with Gasteiger partial charge in [0, 0.05) is 31.1 Å². The highest BCUT2D eigenvalue weighted by Crippen LogP contribution is 2.38. The van der Waals surface area contributed by atoms with Crippen LogP contribution < -0.4 is 0 Å². The van der Waals surface area contributed by atoms with Gasteiger partial charge >= 0.3 is 0 Å². The van der Waals surface area contributed by atoms with E-state index in [4.69, 9.17) is 11.6 Å². The van der Waals surface area contributed by atoms with Crippen LogP contribution in [0.1, 0.15) is 51.0 Å². The van der Waals surface area contributed by atoms with Gasteiger partial charge in [0.05, 0.1) is 0 Å². The van der Waals surface area contributed by atoms with Crippen molar-refractivity contribution >= 4 is 23.4 Å². The third-order valence-corrected chi connectivity index (χ3v) is 5.92. The van der Waals surface area contributed by atoms with E-state index in [-0.39, 0.29) is 11.8 Å². The summed E-state index contributed by atoms with van der Waals surface area (Å²) < 4.78 is 0. The van der Waals surface area contributed by atoms with Gasteiger partial charge in [-0.05, 0) is 50.2 Å². The fourth-order valence-electron chi connectivity index (χ4n) is 4.35. The number of aryl methyl sites for hydroxylation is 1. The molecule has 0 N–H and O–H groups in total. The van der Waals surface area contributed by atoms with E-state index in [1.807, 2.05) is 34.1 Å². The third kappa shape index (κ3) is 3.55. The van der Waals surface area contributed by atoms with Crippen molar-refractivity contribution in [3.05, 3.63) is 34.9 Å². The molecular formula is C20H27ClN2O2. The fourth-order valence-corrected chi connectivity index (χ4v) is 4.58. The van der Waals surface area contributed by atoms with Gasteiger partial charge in [0.25, 0.3) is 0 Å². The molecule has 0 saturated carbocycles. The minimum atomic E-state index is -0.578. The van der Waals surface area contributed by atoms with Crippen molar-refractivity contribution in [3.8, 4) is 0 Å². The van der Waals surface area contributed by atoms with E-state index >= 15 is 0 Å². The molecule has 1 atom stereocenters. The van der Waals surface area contributed by atoms with Crippen LogP contribution in [0.4, 0.5) is 0 Å². The van der Waals surface area contributed by atoms with E-state index in [0.29, 0.717) is 24.4 Å². The number of likely N-dealkylation sites (tertiary alicyclic amines) is 2. The van der Waals surface area contributed by atoms with Gasteiger partial charge in [-0.3, -0.25) is 9.59 Å². The Morgan fingerprint density at radius 3 is 2.64 bits per heavy atom. The zero-order valence-electron chi connectivity index (χ0n) is 15.0. The van der Waals surface area contributed by atoms with Gasteiger partial charge in [-0.25, -0.2) is 0 Å². The number of nitrogens with zero attached hydrogens (tertiary/aromatic N) is 2. The van der Waals surface area contributed by atoms with E-state index in [1.165, 1.54) is 0 Å². The summed E-state index contributed by atoms with van der Waals surface area (Å²) in [5.41, 5.74) is 0.415. The number of carbonyl (C=O) groups excluding carboxylic acids is 2. The zero-order chi connectivity index (χ0) is 17.9. The first kappa shape index (κ1) is 18.2. The zero-order valence-corrected chi connectivity index (χ0v) is 15.7. The molecule has 2 aliphatic heterocycles. The van der Waals surface area contributed by atoms with Crippen molar-refractivity contribution in [1.82, 2.24) is 9.80 Å². The van der Waals surface area contributed by atoms with Gasteiger partial charge in [0.1, 0.15) is 5.54 Å². The molecule has 2 saturated heterocycles. The van der Waals surface area contributed by atoms with Crippen LogP contribution in [0.2, 0.25) is 5.02 Å². The molecule has 3 rings (SSSR count). The molecule has 1 aromatic rings. The molecule has 5 heteroatoms. The Bertz CT molecular complexity index is 646. The van der Waals surface area contributed by atoms with Crippen molar-refractivity contribution in [1.29, 1.82) is 0 Å². The number of rotatable bonds is 5. The summed E-state index contributed by atoms with van der Waals surface area (Å²) in [5, 5.41) is 0.703. The molecule has 2 aliphatic rings. The van der Waals surface area contributed by atoms with E-state index in [2.05, 4.69) is 6.92 Å². The lowest BCUT2D eigenvalue weighted by Gasteiger charge is -2.44. The van der Waals surface area contributed by atoms with Crippen LogP contribution in [0.15, 0.2) is 24.3 Å². The predicted octanol–water partition coefficient (Wildman–Crippen LogP) is 3.67. The van der Waals surface area contributed by atoms with Gasteiger partial charge in [0.2, 0.25) is 11.8 Å². The lowest BCUT2D eigenvalue weighted by Crippen LogP contribution is -2.61. The molecule has 136 valence electrons. The maximum absolute atomic E-state index is 13.1. The highest BCUT2D eigenvalue weighted by Gasteiger charge is 2.52. The Balaban J connectivity index is 1.71. The Labute approximate surface area is 155 Å². The summed E-state index contributed by atoms with van der Waals surface area (Å²) in [4.78, 5) is 29.9. The van der Waals surface area contributed by atoms with Crippen molar-refractivity contribution in [2.45, 2.75) is 57.4 Å². The topological polar surface area (TPSA) is 40.6 Å². The predicted molar refractivity (Wildman–Crippen MR) is 99.6 cm³/mol. The average Bonchev–Trinajstić information content (AvgIpc) is 3.03. The average molecular weight is 363 g/mol. The number of hydrogen-bond acceptors (Lipinski definition) is 2. The molecule has 0 bridgehead atoms. The monoisotopic (exact) mass is 362 g/mol. The van der Waals surface area contributed by atoms with Crippen molar-refractivity contribution in [2.75, 3.05) is 19.6 Å². The van der Waals surface area contributed by atoms with Gasteiger partial charge in [-0.2, -0.15) is 0 Å². The maximum atomic E-state index is 13.1. The second-order valence-electron chi connectivity index (χ2n) is 7.17. The first-order chi connectivity index (χ1) is 12.1. The Morgan fingerprint density at radius 2 is 1.92 bits per heavy atom. The lowest BCUT2D eigenvalue weighted by molar-refractivity contribution is -0.155. The number of benzene rings is 1. The quantitative estimate of drug-likeness (QED) is 0.801. The van der Waals surface area contributed by atoms with Crippen molar-refractivity contribution < 1.29 is 9.59 Å². The summed E-state index contributed by atoms with van der Waals surface area (Å²) >= 11 is 6.20. The standard InChI is InChI=1S/C20H27ClN2O2/c1-2-13-22-14-5-11-20(19(22)25)12-6-15-23(20)18(24)10-9-16-7-3-4-8-17(16)21/h3-4,7-8H,2,5-6,9-15H2,1H3. The third-order valence-electron chi connectivity index (χ3n) is 5.55. The molecule has 1 aromatic carbocycles. The number of carbonyl (C=O) groups is 2. The molecule has 4 nitrogen and oxygen atoms in total. The van der Waals surface area contributed by atoms with Crippen molar-refractivity contribution in [3.63, 3.8) is 0 Å². The molecule has 1 unspecified atom stereocenters.